The van der Waals surface area contributed by atoms with Crippen LogP contribution in [-0.4, -0.2) is 42.5 Å². The first-order chi connectivity index (χ1) is 15.6. The van der Waals surface area contributed by atoms with E-state index in [2.05, 4.69) is 21.7 Å². The average molecular weight is 568 g/mol. The predicted molar refractivity (Wildman–Crippen MR) is 140 cm³/mol. The molecule has 33 heavy (non-hydrogen) atoms. The van der Waals surface area contributed by atoms with Gasteiger partial charge in [0.25, 0.3) is 0 Å². The monoisotopic (exact) mass is 568 g/mol. The first-order valence-electron chi connectivity index (χ1n) is 11.4. The van der Waals surface area contributed by atoms with Crippen LogP contribution in [0.4, 0.5) is 4.39 Å². The fourth-order valence-corrected chi connectivity index (χ4v) is 3.63. The maximum Gasteiger partial charge on any atom is 0.222 e. The fourth-order valence-electron chi connectivity index (χ4n) is 3.63. The van der Waals surface area contributed by atoms with Crippen LogP contribution in [0.5, 0.6) is 5.75 Å². The molecule has 1 amide bonds. The van der Waals surface area contributed by atoms with Crippen molar-refractivity contribution in [3.8, 4) is 5.75 Å². The molecule has 0 radical (unpaired) electrons. The minimum absolute atomic E-state index is 0. The van der Waals surface area contributed by atoms with Gasteiger partial charge >= 0.3 is 0 Å². The van der Waals surface area contributed by atoms with Crippen LogP contribution in [-0.2, 0) is 17.9 Å². The molecule has 1 fully saturated rings. The van der Waals surface area contributed by atoms with Crippen molar-refractivity contribution in [2.45, 2.75) is 52.3 Å². The summed E-state index contributed by atoms with van der Waals surface area (Å²) in [4.78, 5) is 18.5. The van der Waals surface area contributed by atoms with Gasteiger partial charge in [-0.15, -0.1) is 24.0 Å². The van der Waals surface area contributed by atoms with Crippen molar-refractivity contribution in [2.24, 2.45) is 4.99 Å². The third-order valence-corrected chi connectivity index (χ3v) is 5.38. The van der Waals surface area contributed by atoms with Crippen LogP contribution >= 0.6 is 24.0 Å². The molecule has 1 saturated heterocycles. The number of aliphatic imine (C=N–C) groups is 1. The SMILES string of the molecule is CCNC(=NCc1cccc(CN2CCCC2=O)c1)NCC(CC)Oc1ccccc1F.I. The molecule has 1 unspecified atom stereocenters. The van der Waals surface area contributed by atoms with E-state index in [1.165, 1.54) is 6.07 Å². The molecule has 1 aliphatic heterocycles. The molecule has 2 aromatic carbocycles. The summed E-state index contributed by atoms with van der Waals surface area (Å²) < 4.78 is 19.7. The highest BCUT2D eigenvalue weighted by Crippen LogP contribution is 2.18. The average Bonchev–Trinajstić information content (AvgIpc) is 3.20. The van der Waals surface area contributed by atoms with Crippen LogP contribution in [0.15, 0.2) is 53.5 Å². The lowest BCUT2D eigenvalue weighted by atomic mass is 10.1. The second-order valence-corrected chi connectivity index (χ2v) is 7.89. The molecule has 0 spiro atoms. The second kappa shape index (κ2) is 14.0. The molecule has 0 aromatic heterocycles. The van der Waals surface area contributed by atoms with Crippen molar-refractivity contribution in [2.75, 3.05) is 19.6 Å². The van der Waals surface area contributed by atoms with Crippen molar-refractivity contribution in [3.63, 3.8) is 0 Å². The number of halogens is 2. The lowest BCUT2D eigenvalue weighted by molar-refractivity contribution is -0.128. The number of benzene rings is 2. The Hall–Kier alpha value is -2.36. The number of nitrogens with zero attached hydrogens (tertiary/aromatic N) is 2. The summed E-state index contributed by atoms with van der Waals surface area (Å²) in [6.07, 6.45) is 2.15. The Labute approximate surface area is 213 Å². The normalized spacial score (nSPS) is 14.6. The molecule has 2 N–H and O–H groups in total. The Morgan fingerprint density at radius 1 is 1.15 bits per heavy atom. The number of hydrogen-bond acceptors (Lipinski definition) is 3. The van der Waals surface area contributed by atoms with Gasteiger partial charge in [-0.25, -0.2) is 9.38 Å². The quantitative estimate of drug-likeness (QED) is 0.252. The molecular formula is C25H34FIN4O2. The van der Waals surface area contributed by atoms with Crippen LogP contribution in [0, 0.1) is 5.82 Å². The summed E-state index contributed by atoms with van der Waals surface area (Å²) in [6.45, 7) is 7.26. The lowest BCUT2D eigenvalue weighted by Crippen LogP contribution is -2.42. The summed E-state index contributed by atoms with van der Waals surface area (Å²) >= 11 is 0. The van der Waals surface area contributed by atoms with E-state index in [-0.39, 0.29) is 47.6 Å². The van der Waals surface area contributed by atoms with Gasteiger partial charge in [0.15, 0.2) is 17.5 Å². The van der Waals surface area contributed by atoms with E-state index in [0.717, 1.165) is 37.1 Å². The Morgan fingerprint density at radius 2 is 1.94 bits per heavy atom. The van der Waals surface area contributed by atoms with E-state index in [4.69, 9.17) is 4.74 Å². The smallest absolute Gasteiger partial charge is 0.222 e. The van der Waals surface area contributed by atoms with E-state index in [9.17, 15) is 9.18 Å². The highest BCUT2D eigenvalue weighted by molar-refractivity contribution is 14.0. The molecule has 6 nitrogen and oxygen atoms in total. The Balaban J connectivity index is 0.00000385. The van der Waals surface area contributed by atoms with Gasteiger partial charge in [0.1, 0.15) is 6.10 Å². The zero-order valence-electron chi connectivity index (χ0n) is 19.4. The molecule has 1 atom stereocenters. The predicted octanol–water partition coefficient (Wildman–Crippen LogP) is 4.48. The zero-order chi connectivity index (χ0) is 22.8. The number of guanidine groups is 1. The highest BCUT2D eigenvalue weighted by atomic mass is 127. The second-order valence-electron chi connectivity index (χ2n) is 7.89. The molecule has 1 heterocycles. The van der Waals surface area contributed by atoms with Crippen molar-refractivity contribution < 1.29 is 13.9 Å². The number of ether oxygens (including phenoxy) is 1. The molecule has 0 saturated carbocycles. The van der Waals surface area contributed by atoms with Crippen molar-refractivity contribution in [1.29, 1.82) is 0 Å². The van der Waals surface area contributed by atoms with Crippen LogP contribution in [0.2, 0.25) is 0 Å². The Bertz CT molecular complexity index is 925. The van der Waals surface area contributed by atoms with Crippen molar-refractivity contribution in [1.82, 2.24) is 15.5 Å². The first kappa shape index (κ1) is 26.9. The number of carbonyl (C=O) groups excluding carboxylic acids is 1. The van der Waals surface area contributed by atoms with Gasteiger partial charge in [-0.2, -0.15) is 0 Å². The standard InChI is InChI=1S/C25H33FN4O2.HI/c1-3-21(32-23-12-6-5-11-22(23)26)17-29-25(27-4-2)28-16-19-9-7-10-20(15-19)18-30-14-8-13-24(30)31;/h5-7,9-12,15,21H,3-4,8,13-14,16-18H2,1-2H3,(H2,27,28,29);1H. The Morgan fingerprint density at radius 3 is 2.64 bits per heavy atom. The molecule has 3 rings (SSSR count). The van der Waals surface area contributed by atoms with E-state index in [0.29, 0.717) is 32.0 Å². The summed E-state index contributed by atoms with van der Waals surface area (Å²) in [6, 6.07) is 14.7. The van der Waals surface area contributed by atoms with Gasteiger partial charge in [0.2, 0.25) is 5.91 Å². The largest absolute Gasteiger partial charge is 0.486 e. The molecular weight excluding hydrogens is 534 g/mol. The molecule has 180 valence electrons. The van der Waals surface area contributed by atoms with E-state index < -0.39 is 0 Å². The molecule has 8 heteroatoms. The van der Waals surface area contributed by atoms with E-state index in [1.807, 2.05) is 36.9 Å². The number of carbonyl (C=O) groups is 1. The van der Waals surface area contributed by atoms with Gasteiger partial charge in [-0.1, -0.05) is 43.3 Å². The summed E-state index contributed by atoms with van der Waals surface area (Å²) in [5.41, 5.74) is 2.20. The Kier molecular flexibility index (Phi) is 11.4. The van der Waals surface area contributed by atoms with Crippen LogP contribution in [0.3, 0.4) is 0 Å². The van der Waals surface area contributed by atoms with Crippen LogP contribution < -0.4 is 15.4 Å². The molecule has 0 aliphatic carbocycles. The molecule has 0 bridgehead atoms. The minimum atomic E-state index is -0.359. The van der Waals surface area contributed by atoms with Gasteiger partial charge in [0.05, 0.1) is 13.1 Å². The van der Waals surface area contributed by atoms with E-state index in [1.54, 1.807) is 18.2 Å². The van der Waals surface area contributed by atoms with Gasteiger partial charge in [0, 0.05) is 26.1 Å². The molecule has 2 aromatic rings. The summed E-state index contributed by atoms with van der Waals surface area (Å²) in [5, 5.41) is 6.54. The van der Waals surface area contributed by atoms with Gasteiger partial charge < -0.3 is 20.3 Å². The van der Waals surface area contributed by atoms with Crippen molar-refractivity contribution in [3.05, 3.63) is 65.5 Å². The van der Waals surface area contributed by atoms with Crippen molar-refractivity contribution >= 4 is 35.8 Å². The maximum atomic E-state index is 13.9. The number of likely N-dealkylation sites (tertiary alicyclic amines) is 1. The fraction of sp³-hybridized carbons (Fsp3) is 0.440. The zero-order valence-corrected chi connectivity index (χ0v) is 21.7. The number of rotatable bonds is 10. The summed E-state index contributed by atoms with van der Waals surface area (Å²) in [7, 11) is 0. The summed E-state index contributed by atoms with van der Waals surface area (Å²) in [5.74, 6) is 0.816. The number of amides is 1. The number of para-hydroxylation sites is 1. The first-order valence-corrected chi connectivity index (χ1v) is 11.4. The lowest BCUT2D eigenvalue weighted by Gasteiger charge is -2.20. The van der Waals surface area contributed by atoms with Crippen LogP contribution in [0.1, 0.15) is 44.2 Å². The van der Waals surface area contributed by atoms with Gasteiger partial charge in [-0.05, 0) is 43.0 Å². The number of nitrogens with one attached hydrogen (secondary N) is 2. The number of hydrogen-bond donors (Lipinski definition) is 2. The molecule has 1 aliphatic rings. The maximum absolute atomic E-state index is 13.9. The van der Waals surface area contributed by atoms with Gasteiger partial charge in [-0.3, -0.25) is 4.79 Å². The topological polar surface area (TPSA) is 66.0 Å². The van der Waals surface area contributed by atoms with Crippen LogP contribution in [0.25, 0.3) is 0 Å². The third-order valence-electron chi connectivity index (χ3n) is 5.38. The third kappa shape index (κ3) is 8.49. The van der Waals surface area contributed by atoms with E-state index >= 15 is 0 Å². The minimum Gasteiger partial charge on any atom is -0.486 e. The highest BCUT2D eigenvalue weighted by Gasteiger charge is 2.20.